The first-order chi connectivity index (χ1) is 7.41. The maximum atomic E-state index is 10.3. The highest BCUT2D eigenvalue weighted by Crippen LogP contribution is 2.42. The van der Waals surface area contributed by atoms with Crippen molar-refractivity contribution in [3.63, 3.8) is 0 Å². The Balaban J connectivity index is 2.54. The van der Waals surface area contributed by atoms with Crippen LogP contribution in [0, 0.1) is 5.92 Å². The number of hydrogen-bond donors (Lipinski definition) is 1. The minimum absolute atomic E-state index is 0.477. The third-order valence-electron chi connectivity index (χ3n) is 3.33. The quantitative estimate of drug-likeness (QED) is 0.773. The standard InChI is InChI=1S/C14H20OSi/c1-10(2)13-9-14(16(3,4)15)12-8-6-5-7-11(12)13/h5-10,13,15H,1-4H3. The first kappa shape index (κ1) is 11.6. The molecule has 16 heavy (non-hydrogen) atoms. The predicted octanol–water partition coefficient (Wildman–Crippen LogP) is 3.56. The van der Waals surface area contributed by atoms with E-state index < -0.39 is 8.32 Å². The third kappa shape index (κ3) is 1.87. The molecule has 2 rings (SSSR count). The summed E-state index contributed by atoms with van der Waals surface area (Å²) in [6.45, 7) is 8.48. The highest BCUT2D eigenvalue weighted by atomic mass is 28.4. The summed E-state index contributed by atoms with van der Waals surface area (Å²) in [6.07, 6.45) is 2.29. The van der Waals surface area contributed by atoms with Crippen molar-refractivity contribution in [2.75, 3.05) is 0 Å². The van der Waals surface area contributed by atoms with Crippen molar-refractivity contribution in [3.05, 3.63) is 41.5 Å². The van der Waals surface area contributed by atoms with Crippen molar-refractivity contribution < 1.29 is 4.80 Å². The molecule has 0 amide bonds. The zero-order valence-corrected chi connectivity index (χ0v) is 11.5. The second-order valence-electron chi connectivity index (χ2n) is 5.50. The highest BCUT2D eigenvalue weighted by Gasteiger charge is 2.33. The molecule has 2 heteroatoms. The van der Waals surface area contributed by atoms with Crippen LogP contribution in [-0.2, 0) is 0 Å². The van der Waals surface area contributed by atoms with Crippen LogP contribution in [0.1, 0.15) is 30.9 Å². The molecular formula is C14H20OSi. The van der Waals surface area contributed by atoms with E-state index in [2.05, 4.69) is 44.2 Å². The van der Waals surface area contributed by atoms with E-state index in [1.807, 2.05) is 13.1 Å². The molecule has 0 aliphatic heterocycles. The maximum absolute atomic E-state index is 10.3. The number of fused-ring (bicyclic) bond motifs is 1. The van der Waals surface area contributed by atoms with Gasteiger partial charge < -0.3 is 4.80 Å². The highest BCUT2D eigenvalue weighted by molar-refractivity contribution is 6.88. The number of rotatable bonds is 2. The fourth-order valence-corrected chi connectivity index (χ4v) is 3.95. The Morgan fingerprint density at radius 3 is 2.38 bits per heavy atom. The van der Waals surface area contributed by atoms with Gasteiger partial charge in [-0.15, -0.1) is 0 Å². The molecule has 1 aliphatic carbocycles. The van der Waals surface area contributed by atoms with Gasteiger partial charge in [0, 0.05) is 5.92 Å². The lowest BCUT2D eigenvalue weighted by molar-refractivity contribution is 0.568. The summed E-state index contributed by atoms with van der Waals surface area (Å²) in [5, 5.41) is 1.21. The SMILES string of the molecule is CC(C)C1C=C([Si](C)(C)O)c2ccccc21. The van der Waals surface area contributed by atoms with Crippen LogP contribution in [0.15, 0.2) is 30.3 Å². The van der Waals surface area contributed by atoms with Gasteiger partial charge in [0.25, 0.3) is 0 Å². The number of hydrogen-bond acceptors (Lipinski definition) is 1. The van der Waals surface area contributed by atoms with Gasteiger partial charge in [-0.1, -0.05) is 44.2 Å². The molecule has 0 aromatic heterocycles. The lowest BCUT2D eigenvalue weighted by Crippen LogP contribution is -2.26. The maximum Gasteiger partial charge on any atom is 0.214 e. The molecule has 1 aliphatic rings. The average molecular weight is 232 g/mol. The van der Waals surface area contributed by atoms with E-state index in [0.29, 0.717) is 11.8 Å². The molecule has 0 bridgehead atoms. The lowest BCUT2D eigenvalue weighted by atomic mass is 9.90. The zero-order valence-electron chi connectivity index (χ0n) is 10.5. The number of allylic oxidation sites excluding steroid dienone is 1. The van der Waals surface area contributed by atoms with Crippen molar-refractivity contribution in [1.29, 1.82) is 0 Å². The molecule has 0 heterocycles. The van der Waals surface area contributed by atoms with Crippen LogP contribution in [0.25, 0.3) is 5.20 Å². The molecule has 0 spiro atoms. The molecule has 0 saturated carbocycles. The van der Waals surface area contributed by atoms with Crippen LogP contribution >= 0.6 is 0 Å². The van der Waals surface area contributed by atoms with Crippen molar-refractivity contribution >= 4 is 13.5 Å². The van der Waals surface area contributed by atoms with Gasteiger partial charge in [0.1, 0.15) is 0 Å². The van der Waals surface area contributed by atoms with Gasteiger partial charge in [-0.2, -0.15) is 0 Å². The van der Waals surface area contributed by atoms with Crippen LogP contribution in [0.5, 0.6) is 0 Å². The van der Waals surface area contributed by atoms with Crippen molar-refractivity contribution in [2.45, 2.75) is 32.9 Å². The normalized spacial score (nSPS) is 19.9. The summed E-state index contributed by atoms with van der Waals surface area (Å²) >= 11 is 0. The Bertz CT molecular complexity index is 427. The minimum Gasteiger partial charge on any atom is -0.428 e. The summed E-state index contributed by atoms with van der Waals surface area (Å²) < 4.78 is 0. The fraction of sp³-hybridized carbons (Fsp3) is 0.429. The molecule has 0 radical (unpaired) electrons. The monoisotopic (exact) mass is 232 g/mol. The van der Waals surface area contributed by atoms with Gasteiger partial charge in [-0.3, -0.25) is 0 Å². The number of benzene rings is 1. The molecule has 86 valence electrons. The first-order valence-electron chi connectivity index (χ1n) is 5.95. The Kier molecular flexibility index (Phi) is 2.80. The molecule has 1 atom stereocenters. The average Bonchev–Trinajstić information content (AvgIpc) is 2.56. The third-order valence-corrected chi connectivity index (χ3v) is 5.09. The Morgan fingerprint density at radius 2 is 1.81 bits per heavy atom. The van der Waals surface area contributed by atoms with Gasteiger partial charge in [0.2, 0.25) is 8.32 Å². The minimum atomic E-state index is -2.20. The fourth-order valence-electron chi connectivity index (χ4n) is 2.48. The molecular weight excluding hydrogens is 212 g/mol. The van der Waals surface area contributed by atoms with Crippen LogP contribution in [0.3, 0.4) is 0 Å². The van der Waals surface area contributed by atoms with Crippen LogP contribution in [0.4, 0.5) is 0 Å². The summed E-state index contributed by atoms with van der Waals surface area (Å²) in [5.41, 5.74) is 2.67. The predicted molar refractivity (Wildman–Crippen MR) is 71.7 cm³/mol. The van der Waals surface area contributed by atoms with E-state index in [-0.39, 0.29) is 0 Å². The van der Waals surface area contributed by atoms with Crippen LogP contribution in [0.2, 0.25) is 13.1 Å². The van der Waals surface area contributed by atoms with Crippen LogP contribution in [-0.4, -0.2) is 13.1 Å². The Labute approximate surface area is 99.0 Å². The van der Waals surface area contributed by atoms with Gasteiger partial charge in [0.05, 0.1) is 0 Å². The van der Waals surface area contributed by atoms with E-state index in [1.165, 1.54) is 16.3 Å². The largest absolute Gasteiger partial charge is 0.428 e. The second kappa shape index (κ2) is 3.86. The summed E-state index contributed by atoms with van der Waals surface area (Å²) in [7, 11) is -2.20. The van der Waals surface area contributed by atoms with Gasteiger partial charge in [-0.05, 0) is 35.3 Å². The van der Waals surface area contributed by atoms with E-state index in [9.17, 15) is 4.80 Å². The molecule has 1 aromatic rings. The molecule has 0 saturated heterocycles. The van der Waals surface area contributed by atoms with E-state index in [0.717, 1.165) is 0 Å². The van der Waals surface area contributed by atoms with E-state index in [1.54, 1.807) is 0 Å². The zero-order chi connectivity index (χ0) is 11.9. The van der Waals surface area contributed by atoms with Crippen molar-refractivity contribution in [3.8, 4) is 0 Å². The smallest absolute Gasteiger partial charge is 0.214 e. The van der Waals surface area contributed by atoms with Crippen molar-refractivity contribution in [1.82, 2.24) is 0 Å². The summed E-state index contributed by atoms with van der Waals surface area (Å²) in [4.78, 5) is 10.3. The molecule has 1 aromatic carbocycles. The van der Waals surface area contributed by atoms with E-state index in [4.69, 9.17) is 0 Å². The van der Waals surface area contributed by atoms with Crippen LogP contribution < -0.4 is 0 Å². The summed E-state index contributed by atoms with van der Waals surface area (Å²) in [5.74, 6) is 1.07. The molecule has 1 unspecified atom stereocenters. The Hall–Kier alpha value is -0.863. The molecule has 0 fully saturated rings. The summed E-state index contributed by atoms with van der Waals surface area (Å²) in [6, 6.07) is 8.50. The topological polar surface area (TPSA) is 20.2 Å². The van der Waals surface area contributed by atoms with Gasteiger partial charge in [0.15, 0.2) is 0 Å². The van der Waals surface area contributed by atoms with Crippen molar-refractivity contribution in [2.24, 2.45) is 5.92 Å². The first-order valence-corrected chi connectivity index (χ1v) is 8.90. The van der Waals surface area contributed by atoms with Gasteiger partial charge in [-0.25, -0.2) is 0 Å². The molecule has 1 nitrogen and oxygen atoms in total. The molecule has 1 N–H and O–H groups in total. The lowest BCUT2D eigenvalue weighted by Gasteiger charge is -2.17. The Morgan fingerprint density at radius 1 is 1.19 bits per heavy atom. The van der Waals surface area contributed by atoms with Gasteiger partial charge >= 0.3 is 0 Å². The van der Waals surface area contributed by atoms with E-state index >= 15 is 0 Å². The second-order valence-corrected chi connectivity index (χ2v) is 9.15.